The van der Waals surface area contributed by atoms with Gasteiger partial charge in [-0.3, -0.25) is 19.5 Å². The smallest absolute Gasteiger partial charge is 0.296 e. The summed E-state index contributed by atoms with van der Waals surface area (Å²) in [6, 6.07) is 16.0. The summed E-state index contributed by atoms with van der Waals surface area (Å²) >= 11 is 4.02. The van der Waals surface area contributed by atoms with Crippen LogP contribution in [0.5, 0.6) is 0 Å². The number of aliphatic hydroxyl groups excluding tert-OH is 1. The van der Waals surface area contributed by atoms with E-state index in [4.69, 9.17) is 0 Å². The Balaban J connectivity index is 1.49. The molecule has 0 aliphatic carbocycles. The van der Waals surface area contributed by atoms with Crippen molar-refractivity contribution in [2.75, 3.05) is 4.90 Å². The number of aliphatic hydroxyl groups is 1. The highest BCUT2D eigenvalue weighted by molar-refractivity contribution is 8.00. The van der Waals surface area contributed by atoms with E-state index in [-0.39, 0.29) is 11.4 Å². The van der Waals surface area contributed by atoms with Crippen molar-refractivity contribution >= 4 is 51.3 Å². The molecule has 4 aromatic rings. The molecule has 0 radical (unpaired) electrons. The Morgan fingerprint density at radius 3 is 2.58 bits per heavy atom. The molecular formula is C23H16N4O3S3. The van der Waals surface area contributed by atoms with Gasteiger partial charge in [0.15, 0.2) is 10.1 Å². The third-order valence-corrected chi connectivity index (χ3v) is 8.02. The molecule has 1 aliphatic rings. The van der Waals surface area contributed by atoms with Crippen molar-refractivity contribution in [3.8, 4) is 0 Å². The largest absolute Gasteiger partial charge is 0.503 e. The lowest BCUT2D eigenvalue weighted by Crippen LogP contribution is -2.31. The molecule has 1 atom stereocenters. The molecule has 0 bridgehead atoms. The second-order valence-electron chi connectivity index (χ2n) is 7.05. The van der Waals surface area contributed by atoms with E-state index < -0.39 is 17.7 Å². The number of rotatable bonds is 7. The first-order valence-corrected chi connectivity index (χ1v) is 12.6. The fourth-order valence-corrected chi connectivity index (χ4v) is 6.01. The number of carbonyl (C=O) groups excluding carboxylic acids is 2. The summed E-state index contributed by atoms with van der Waals surface area (Å²) in [5.41, 5.74) is 1.83. The second kappa shape index (κ2) is 9.26. The number of nitrogens with zero attached hydrogens (tertiary/aromatic N) is 4. The number of benzene rings is 1. The van der Waals surface area contributed by atoms with Crippen LogP contribution in [0.4, 0.5) is 5.13 Å². The van der Waals surface area contributed by atoms with E-state index in [2.05, 4.69) is 15.2 Å². The Labute approximate surface area is 201 Å². The van der Waals surface area contributed by atoms with E-state index in [1.807, 2.05) is 30.3 Å². The van der Waals surface area contributed by atoms with Gasteiger partial charge in [-0.15, -0.1) is 21.5 Å². The van der Waals surface area contributed by atoms with Gasteiger partial charge < -0.3 is 5.11 Å². The van der Waals surface area contributed by atoms with Crippen LogP contribution in [0, 0.1) is 0 Å². The summed E-state index contributed by atoms with van der Waals surface area (Å²) in [6.45, 7) is 0. The molecule has 0 spiro atoms. The maximum absolute atomic E-state index is 13.3. The molecule has 10 heteroatoms. The van der Waals surface area contributed by atoms with Crippen molar-refractivity contribution < 1.29 is 14.7 Å². The van der Waals surface area contributed by atoms with Gasteiger partial charge >= 0.3 is 0 Å². The van der Waals surface area contributed by atoms with E-state index in [1.54, 1.807) is 42.0 Å². The van der Waals surface area contributed by atoms with E-state index in [9.17, 15) is 14.7 Å². The monoisotopic (exact) mass is 492 g/mol. The SMILES string of the molecule is O=C(C1=C(O)C(=O)N(c2nnc(SCc3ccccc3)s2)C1c1ccncc1)c1cccs1. The predicted molar refractivity (Wildman–Crippen MR) is 129 cm³/mol. The number of hydrogen-bond donors (Lipinski definition) is 1. The quantitative estimate of drug-likeness (QED) is 0.219. The lowest BCUT2D eigenvalue weighted by Gasteiger charge is -2.23. The van der Waals surface area contributed by atoms with Crippen molar-refractivity contribution in [3.63, 3.8) is 0 Å². The number of pyridine rings is 1. The zero-order valence-electron chi connectivity index (χ0n) is 17.0. The number of thiophene rings is 1. The number of Topliss-reactive ketones (excluding diaryl/α,β-unsaturated/α-hetero) is 1. The second-order valence-corrected chi connectivity index (χ2v) is 10.2. The summed E-state index contributed by atoms with van der Waals surface area (Å²) in [6.07, 6.45) is 3.17. The summed E-state index contributed by atoms with van der Waals surface area (Å²) in [5.74, 6) is -0.914. The van der Waals surface area contributed by atoms with Crippen LogP contribution in [0.3, 0.4) is 0 Å². The zero-order chi connectivity index (χ0) is 22.8. The van der Waals surface area contributed by atoms with E-state index in [0.717, 1.165) is 5.56 Å². The third kappa shape index (κ3) is 4.20. The number of anilines is 1. The Hall–Kier alpha value is -3.34. The van der Waals surface area contributed by atoms with Crippen molar-refractivity contribution in [3.05, 3.63) is 99.7 Å². The maximum Gasteiger partial charge on any atom is 0.296 e. The molecule has 1 unspecified atom stereocenters. The van der Waals surface area contributed by atoms with Crippen molar-refractivity contribution in [2.24, 2.45) is 0 Å². The summed E-state index contributed by atoms with van der Waals surface area (Å²) in [7, 11) is 0. The summed E-state index contributed by atoms with van der Waals surface area (Å²) in [5, 5.41) is 21.3. The molecule has 5 rings (SSSR count). The molecule has 7 nitrogen and oxygen atoms in total. The van der Waals surface area contributed by atoms with Crippen LogP contribution in [-0.2, 0) is 10.5 Å². The molecule has 0 fully saturated rings. The molecule has 0 saturated carbocycles. The average molecular weight is 493 g/mol. The van der Waals surface area contributed by atoms with Gasteiger partial charge in [0.2, 0.25) is 10.9 Å². The highest BCUT2D eigenvalue weighted by Gasteiger charge is 2.46. The van der Waals surface area contributed by atoms with Crippen molar-refractivity contribution in [1.29, 1.82) is 0 Å². The Bertz CT molecular complexity index is 1320. The van der Waals surface area contributed by atoms with E-state index >= 15 is 0 Å². The zero-order valence-corrected chi connectivity index (χ0v) is 19.4. The molecule has 3 aromatic heterocycles. The topological polar surface area (TPSA) is 96.3 Å². The molecule has 1 aromatic carbocycles. The summed E-state index contributed by atoms with van der Waals surface area (Å²) < 4.78 is 0.688. The van der Waals surface area contributed by atoms with E-state index in [1.165, 1.54) is 39.3 Å². The van der Waals surface area contributed by atoms with Gasteiger partial charge in [0, 0.05) is 18.1 Å². The predicted octanol–water partition coefficient (Wildman–Crippen LogP) is 5.07. The summed E-state index contributed by atoms with van der Waals surface area (Å²) in [4.78, 5) is 32.2. The first-order valence-electron chi connectivity index (χ1n) is 9.88. The molecule has 164 valence electrons. The van der Waals surface area contributed by atoms with Gasteiger partial charge in [-0.25, -0.2) is 0 Å². The van der Waals surface area contributed by atoms with Crippen LogP contribution in [0.1, 0.15) is 26.8 Å². The minimum absolute atomic E-state index is 0.0299. The average Bonchev–Trinajstić information content (AvgIpc) is 3.60. The van der Waals surface area contributed by atoms with Crippen LogP contribution in [0.15, 0.2) is 88.0 Å². The van der Waals surface area contributed by atoms with Gasteiger partial charge in [0.1, 0.15) is 0 Å². The minimum Gasteiger partial charge on any atom is -0.503 e. The standard InChI is InChI=1S/C23H16N4O3S3/c28-19(16-7-4-12-31-16)17-18(15-8-10-24-11-9-15)27(21(30)20(17)29)22-25-26-23(33-22)32-13-14-5-2-1-3-6-14/h1-12,18,29H,13H2. The first kappa shape index (κ1) is 21.5. The Kier molecular flexibility index (Phi) is 6.03. The number of carbonyl (C=O) groups is 2. The number of thioether (sulfide) groups is 1. The molecule has 0 saturated heterocycles. The van der Waals surface area contributed by atoms with Crippen LogP contribution < -0.4 is 4.90 Å². The Morgan fingerprint density at radius 1 is 1.06 bits per heavy atom. The maximum atomic E-state index is 13.3. The normalized spacial score (nSPS) is 15.9. The van der Waals surface area contributed by atoms with Gasteiger partial charge in [0.25, 0.3) is 5.91 Å². The van der Waals surface area contributed by atoms with Gasteiger partial charge in [0.05, 0.1) is 16.5 Å². The van der Waals surface area contributed by atoms with Crippen LogP contribution >= 0.6 is 34.4 Å². The fraction of sp³-hybridized carbons (Fsp3) is 0.0870. The van der Waals surface area contributed by atoms with Crippen molar-refractivity contribution in [2.45, 2.75) is 16.1 Å². The number of amides is 1. The molecule has 1 amide bonds. The first-order chi connectivity index (χ1) is 16.1. The highest BCUT2D eigenvalue weighted by Crippen LogP contribution is 2.44. The molecule has 33 heavy (non-hydrogen) atoms. The lowest BCUT2D eigenvalue weighted by atomic mass is 9.96. The van der Waals surface area contributed by atoms with Gasteiger partial charge in [-0.1, -0.05) is 59.5 Å². The van der Waals surface area contributed by atoms with Gasteiger partial charge in [-0.2, -0.15) is 0 Å². The fourth-order valence-electron chi connectivity index (χ4n) is 3.51. The highest BCUT2D eigenvalue weighted by atomic mass is 32.2. The minimum atomic E-state index is -0.824. The molecule has 1 aliphatic heterocycles. The molecule has 4 heterocycles. The lowest BCUT2D eigenvalue weighted by molar-refractivity contribution is -0.117. The van der Waals surface area contributed by atoms with Crippen molar-refractivity contribution in [1.82, 2.24) is 15.2 Å². The number of hydrogen-bond acceptors (Lipinski definition) is 9. The third-order valence-electron chi connectivity index (χ3n) is 5.03. The Morgan fingerprint density at radius 2 is 1.85 bits per heavy atom. The van der Waals surface area contributed by atoms with E-state index in [0.29, 0.717) is 25.7 Å². The van der Waals surface area contributed by atoms with Crippen LogP contribution in [0.25, 0.3) is 0 Å². The van der Waals surface area contributed by atoms with Crippen LogP contribution in [-0.4, -0.2) is 32.0 Å². The number of aromatic nitrogens is 3. The van der Waals surface area contributed by atoms with Crippen LogP contribution in [0.2, 0.25) is 0 Å². The molecule has 1 N–H and O–H groups in total. The van der Waals surface area contributed by atoms with Gasteiger partial charge in [-0.05, 0) is 34.7 Å². The number of ketones is 1. The molecular weight excluding hydrogens is 476 g/mol.